The lowest BCUT2D eigenvalue weighted by molar-refractivity contribution is -0.142. The molecule has 2 heterocycles. The van der Waals surface area contributed by atoms with Gasteiger partial charge in [-0.25, -0.2) is 4.79 Å². The van der Waals surface area contributed by atoms with Gasteiger partial charge in [-0.3, -0.25) is 24.1 Å². The maximum Gasteiger partial charge on any atom is 0.410 e. The molecule has 2 fully saturated rings. The zero-order valence-electron chi connectivity index (χ0n) is 19.3. The Morgan fingerprint density at radius 2 is 1.83 bits per heavy atom. The van der Waals surface area contributed by atoms with Crippen LogP contribution in [0.5, 0.6) is 0 Å². The molecule has 2 aliphatic heterocycles. The normalized spacial score (nSPS) is 21.5. The maximum absolute atomic E-state index is 13.5. The highest BCUT2D eigenvalue weighted by molar-refractivity contribution is 5.93. The van der Waals surface area contributed by atoms with Crippen molar-refractivity contribution >= 4 is 29.8 Å². The third-order valence-corrected chi connectivity index (χ3v) is 5.93. The minimum atomic E-state index is -1.03. The molecule has 4 N–H and O–H groups in total. The van der Waals surface area contributed by atoms with E-state index in [2.05, 4.69) is 5.32 Å². The highest BCUT2D eigenvalue weighted by Gasteiger charge is 2.45. The first-order chi connectivity index (χ1) is 16.8. The number of primary amides is 1. The van der Waals surface area contributed by atoms with E-state index in [-0.39, 0.29) is 39.1 Å². The van der Waals surface area contributed by atoms with Crippen LogP contribution < -0.4 is 11.1 Å². The first kappa shape index (κ1) is 25.9. The smallest absolute Gasteiger partial charge is 0.410 e. The lowest BCUT2D eigenvalue weighted by Gasteiger charge is -2.30. The third kappa shape index (κ3) is 7.15. The lowest BCUT2D eigenvalue weighted by Crippen LogP contribution is -2.53. The Labute approximate surface area is 202 Å². The number of amides is 4. The highest BCUT2D eigenvalue weighted by Crippen LogP contribution is 2.27. The van der Waals surface area contributed by atoms with Crippen LogP contribution in [0.4, 0.5) is 4.79 Å². The Balaban J connectivity index is 1.67. The van der Waals surface area contributed by atoms with Crippen molar-refractivity contribution in [1.29, 1.82) is 0 Å². The van der Waals surface area contributed by atoms with Crippen LogP contribution in [0.25, 0.3) is 0 Å². The van der Waals surface area contributed by atoms with E-state index in [0.29, 0.717) is 19.4 Å². The maximum atomic E-state index is 13.5. The molecule has 4 amide bonds. The predicted octanol–water partition coefficient (Wildman–Crippen LogP) is -0.150. The number of ether oxygens (including phenoxy) is 2. The van der Waals surface area contributed by atoms with Gasteiger partial charge in [0.2, 0.25) is 17.7 Å². The van der Waals surface area contributed by atoms with Gasteiger partial charge in [0.1, 0.15) is 18.7 Å². The van der Waals surface area contributed by atoms with Crippen molar-refractivity contribution in [3.63, 3.8) is 0 Å². The van der Waals surface area contributed by atoms with Crippen LogP contribution in [-0.4, -0.2) is 89.1 Å². The van der Waals surface area contributed by atoms with E-state index in [4.69, 9.17) is 20.3 Å². The standard InChI is InChI=1S/C23H30N4O8/c24-19(28)12-25-21(31)18-11-16(34-10-8-20(29)30)13-27(18)22(32)17-7-4-9-26(17)23(33)35-14-15-5-2-1-3-6-15/h1-3,5-6,16-18H,4,7-14H2,(H2,24,28)(H,25,31)(H,29,30)/t16-,17?,18-/m0/s1. The van der Waals surface area contributed by atoms with Gasteiger partial charge in [-0.15, -0.1) is 0 Å². The van der Waals surface area contributed by atoms with Crippen molar-refractivity contribution in [1.82, 2.24) is 15.1 Å². The summed E-state index contributed by atoms with van der Waals surface area (Å²) < 4.78 is 11.0. The van der Waals surface area contributed by atoms with Gasteiger partial charge in [0.05, 0.1) is 25.7 Å². The fourth-order valence-corrected chi connectivity index (χ4v) is 4.25. The number of carbonyl (C=O) groups excluding carboxylic acids is 4. The van der Waals surface area contributed by atoms with E-state index < -0.39 is 48.0 Å². The summed E-state index contributed by atoms with van der Waals surface area (Å²) in [5.74, 6) is -2.76. The Morgan fingerprint density at radius 1 is 1.09 bits per heavy atom. The summed E-state index contributed by atoms with van der Waals surface area (Å²) in [4.78, 5) is 63.5. The van der Waals surface area contributed by atoms with Gasteiger partial charge in [-0.05, 0) is 18.4 Å². The highest BCUT2D eigenvalue weighted by atomic mass is 16.6. The molecule has 2 saturated heterocycles. The molecule has 1 unspecified atom stereocenters. The molecule has 1 aromatic carbocycles. The molecule has 0 aromatic heterocycles. The van der Waals surface area contributed by atoms with Crippen LogP contribution in [0.15, 0.2) is 30.3 Å². The molecular formula is C23H30N4O8. The molecular weight excluding hydrogens is 460 g/mol. The number of nitrogens with two attached hydrogens (primary N) is 1. The number of nitrogens with zero attached hydrogens (tertiary/aromatic N) is 2. The predicted molar refractivity (Wildman–Crippen MR) is 121 cm³/mol. The van der Waals surface area contributed by atoms with Crippen molar-refractivity contribution in [3.05, 3.63) is 35.9 Å². The van der Waals surface area contributed by atoms with Crippen LogP contribution in [0.3, 0.4) is 0 Å². The Hall–Kier alpha value is -3.67. The van der Waals surface area contributed by atoms with Crippen molar-refractivity contribution in [2.24, 2.45) is 5.73 Å². The number of carbonyl (C=O) groups is 5. The molecule has 35 heavy (non-hydrogen) atoms. The number of aliphatic carboxylic acids is 1. The van der Waals surface area contributed by atoms with E-state index in [1.54, 1.807) is 0 Å². The summed E-state index contributed by atoms with van der Waals surface area (Å²) in [6.07, 6.45) is -0.263. The number of likely N-dealkylation sites (tertiary alicyclic amines) is 2. The van der Waals surface area contributed by atoms with E-state index in [1.165, 1.54) is 9.80 Å². The third-order valence-electron chi connectivity index (χ3n) is 5.93. The fourth-order valence-electron chi connectivity index (χ4n) is 4.25. The molecule has 1 aromatic rings. The largest absolute Gasteiger partial charge is 0.481 e. The molecule has 2 aliphatic rings. The van der Waals surface area contributed by atoms with E-state index in [9.17, 15) is 24.0 Å². The summed E-state index contributed by atoms with van der Waals surface area (Å²) in [6, 6.07) is 7.41. The zero-order valence-corrected chi connectivity index (χ0v) is 19.3. The summed E-state index contributed by atoms with van der Waals surface area (Å²) in [6.45, 7) is 0.00614. The minimum absolute atomic E-state index is 0.0521. The van der Waals surface area contributed by atoms with E-state index in [0.717, 1.165) is 5.56 Å². The minimum Gasteiger partial charge on any atom is -0.481 e. The number of rotatable bonds is 10. The molecule has 0 saturated carbocycles. The molecule has 0 aliphatic carbocycles. The summed E-state index contributed by atoms with van der Waals surface area (Å²) >= 11 is 0. The Kier molecular flexibility index (Phi) is 9.01. The van der Waals surface area contributed by atoms with Gasteiger partial charge in [0.25, 0.3) is 0 Å². The zero-order chi connectivity index (χ0) is 25.4. The Bertz CT molecular complexity index is 941. The summed E-state index contributed by atoms with van der Waals surface area (Å²) in [5.41, 5.74) is 5.92. The van der Waals surface area contributed by atoms with Gasteiger partial charge in [0.15, 0.2) is 0 Å². The molecule has 3 atom stereocenters. The molecule has 3 rings (SSSR count). The second-order valence-electron chi connectivity index (χ2n) is 8.45. The average Bonchev–Trinajstić information content (AvgIpc) is 3.49. The summed E-state index contributed by atoms with van der Waals surface area (Å²) in [7, 11) is 0. The van der Waals surface area contributed by atoms with Crippen LogP contribution in [0.2, 0.25) is 0 Å². The van der Waals surface area contributed by atoms with Crippen molar-refractivity contribution in [2.45, 2.75) is 50.5 Å². The molecule has 12 heteroatoms. The monoisotopic (exact) mass is 490 g/mol. The first-order valence-electron chi connectivity index (χ1n) is 11.4. The average molecular weight is 491 g/mol. The quantitative estimate of drug-likeness (QED) is 0.407. The number of carboxylic acid groups (broad SMARTS) is 1. The van der Waals surface area contributed by atoms with Crippen molar-refractivity contribution in [2.75, 3.05) is 26.2 Å². The second kappa shape index (κ2) is 12.2. The second-order valence-corrected chi connectivity index (χ2v) is 8.45. The molecule has 0 bridgehead atoms. The molecule has 12 nitrogen and oxygen atoms in total. The van der Waals surface area contributed by atoms with Gasteiger partial charge >= 0.3 is 12.1 Å². The van der Waals surface area contributed by atoms with E-state index in [1.807, 2.05) is 30.3 Å². The van der Waals surface area contributed by atoms with Crippen molar-refractivity contribution < 1.29 is 38.6 Å². The van der Waals surface area contributed by atoms with Gasteiger partial charge in [0, 0.05) is 19.5 Å². The number of carboxylic acids is 1. The van der Waals surface area contributed by atoms with Crippen LogP contribution >= 0.6 is 0 Å². The number of hydrogen-bond acceptors (Lipinski definition) is 7. The SMILES string of the molecule is NC(=O)CNC(=O)[C@@H]1C[C@H](OCCC(=O)O)CN1C(=O)C1CCCN1C(=O)OCc1ccccc1. The lowest BCUT2D eigenvalue weighted by atomic mass is 10.1. The van der Waals surface area contributed by atoms with Crippen LogP contribution in [0, 0.1) is 0 Å². The van der Waals surface area contributed by atoms with Gasteiger partial charge < -0.3 is 30.5 Å². The molecule has 0 radical (unpaired) electrons. The van der Waals surface area contributed by atoms with Gasteiger partial charge in [-0.2, -0.15) is 0 Å². The fraction of sp³-hybridized carbons (Fsp3) is 0.522. The Morgan fingerprint density at radius 3 is 2.51 bits per heavy atom. The number of benzene rings is 1. The van der Waals surface area contributed by atoms with Crippen LogP contribution in [-0.2, 0) is 35.3 Å². The van der Waals surface area contributed by atoms with Gasteiger partial charge in [-0.1, -0.05) is 30.3 Å². The number of nitrogens with one attached hydrogen (secondary N) is 1. The topological polar surface area (TPSA) is 169 Å². The molecule has 190 valence electrons. The first-order valence-corrected chi connectivity index (χ1v) is 11.4. The van der Waals surface area contributed by atoms with E-state index >= 15 is 0 Å². The summed E-state index contributed by atoms with van der Waals surface area (Å²) in [5, 5.41) is 11.2. The van der Waals surface area contributed by atoms with Crippen molar-refractivity contribution in [3.8, 4) is 0 Å². The number of hydrogen-bond donors (Lipinski definition) is 3. The van der Waals surface area contributed by atoms with Crippen LogP contribution in [0.1, 0.15) is 31.2 Å². The molecule has 0 spiro atoms.